The molecule has 12 nitrogen and oxygen atoms in total. The quantitative estimate of drug-likeness (QED) is 0.226. The van der Waals surface area contributed by atoms with Crippen LogP contribution < -0.4 is 20.2 Å². The number of amides is 1. The predicted molar refractivity (Wildman–Crippen MR) is 177 cm³/mol. The number of anilines is 2. The number of hydrogen-bond donors (Lipinski definition) is 3. The Morgan fingerprint density at radius 1 is 1.17 bits per heavy atom. The molecule has 4 N–H and O–H groups in total. The van der Waals surface area contributed by atoms with Gasteiger partial charge in [-0.05, 0) is 36.4 Å². The Balaban J connectivity index is 0.00000300. The third kappa shape index (κ3) is 8.33. The van der Waals surface area contributed by atoms with Crippen LogP contribution in [-0.2, 0) is 23.6 Å². The van der Waals surface area contributed by atoms with Crippen molar-refractivity contribution in [3.05, 3.63) is 70.9 Å². The molecule has 2 aromatic carbocycles. The normalized spacial score (nSPS) is 20.4. The molecule has 1 aromatic heterocycles. The van der Waals surface area contributed by atoms with Gasteiger partial charge in [-0.25, -0.2) is 18.5 Å². The molecule has 2 aliphatic rings. The van der Waals surface area contributed by atoms with Crippen LogP contribution in [0.25, 0.3) is 0 Å². The van der Waals surface area contributed by atoms with E-state index in [1.807, 2.05) is 24.2 Å². The van der Waals surface area contributed by atoms with E-state index in [1.54, 1.807) is 31.3 Å². The lowest BCUT2D eigenvalue weighted by Gasteiger charge is -2.36. The van der Waals surface area contributed by atoms with Crippen molar-refractivity contribution in [2.75, 3.05) is 59.0 Å². The Kier molecular flexibility index (Phi) is 12.3. The molecule has 1 amide bonds. The molecular weight excluding hydrogens is 660 g/mol. The average Bonchev–Trinajstić information content (AvgIpc) is 3.28. The second kappa shape index (κ2) is 15.2. The van der Waals surface area contributed by atoms with E-state index in [0.29, 0.717) is 30.5 Å². The van der Waals surface area contributed by atoms with Gasteiger partial charge in [0, 0.05) is 57.7 Å². The maximum Gasteiger partial charge on any atom is 0.423 e. The summed E-state index contributed by atoms with van der Waals surface area (Å²) in [5.41, 5.74) is 3.87. The first-order valence-corrected chi connectivity index (χ1v) is 15.9. The van der Waals surface area contributed by atoms with Gasteiger partial charge in [0.05, 0.1) is 29.8 Å². The van der Waals surface area contributed by atoms with E-state index in [1.165, 1.54) is 23.7 Å². The molecule has 5 rings (SSSR count). The smallest absolute Gasteiger partial charge is 0.423 e. The molecule has 1 saturated heterocycles. The highest BCUT2D eigenvalue weighted by atomic mass is 32.2. The minimum absolute atomic E-state index is 0. The number of hydrazine groups is 1. The van der Waals surface area contributed by atoms with Gasteiger partial charge in [-0.1, -0.05) is 31.7 Å². The summed E-state index contributed by atoms with van der Waals surface area (Å²) < 4.78 is 67.9. The number of aromatic nitrogens is 2. The maximum atomic E-state index is 14.2. The fourth-order valence-corrected chi connectivity index (χ4v) is 6.57. The van der Waals surface area contributed by atoms with Crippen LogP contribution in [0.5, 0.6) is 11.6 Å². The third-order valence-electron chi connectivity index (χ3n) is 7.80. The number of carbonyl (C=O) groups excluding carboxylic acids is 1. The Labute approximate surface area is 279 Å². The molecule has 1 fully saturated rings. The molecule has 3 atom stereocenters. The van der Waals surface area contributed by atoms with Crippen LogP contribution in [0.4, 0.5) is 24.8 Å². The molecule has 3 aromatic rings. The number of likely N-dealkylation sites (N-methyl/N-ethyl adjacent to an activating group) is 2. The molecule has 0 spiro atoms. The average molecular weight is 700 g/mol. The first-order valence-electron chi connectivity index (χ1n) is 14.0. The largest absolute Gasteiger partial charge is 0.495 e. The Hall–Kier alpha value is -3.48. The molecule has 17 heteroatoms. The summed E-state index contributed by atoms with van der Waals surface area (Å²) >= 11 is 4.75. The van der Waals surface area contributed by atoms with Gasteiger partial charge >= 0.3 is 6.18 Å². The van der Waals surface area contributed by atoms with Crippen LogP contribution in [0.2, 0.25) is 0 Å². The number of fused-ring (bicyclic) bond motifs is 1. The lowest BCUT2D eigenvalue weighted by Crippen LogP contribution is -2.52. The van der Waals surface area contributed by atoms with Crippen LogP contribution in [0, 0.1) is 0 Å². The van der Waals surface area contributed by atoms with Crippen molar-refractivity contribution >= 4 is 41.2 Å². The number of hydrogen-bond acceptors (Lipinski definition) is 10. The van der Waals surface area contributed by atoms with Gasteiger partial charge < -0.3 is 25.2 Å². The summed E-state index contributed by atoms with van der Waals surface area (Å²) in [6.45, 7) is 3.01. The zero-order chi connectivity index (χ0) is 32.5. The van der Waals surface area contributed by atoms with Crippen LogP contribution in [-0.4, -0.2) is 98.3 Å². The van der Waals surface area contributed by atoms with Crippen molar-refractivity contribution in [1.29, 1.82) is 0 Å². The summed E-state index contributed by atoms with van der Waals surface area (Å²) in [5, 5.41) is 4.72. The minimum Gasteiger partial charge on any atom is -0.495 e. The van der Waals surface area contributed by atoms with E-state index >= 15 is 0 Å². The molecule has 0 bridgehead atoms. The van der Waals surface area contributed by atoms with Crippen molar-refractivity contribution in [2.45, 2.75) is 31.0 Å². The summed E-state index contributed by atoms with van der Waals surface area (Å²) in [5.74, 6) is -1.03. The number of methoxy groups -OCH3 is 1. The van der Waals surface area contributed by atoms with Gasteiger partial charge in [-0.15, -0.1) is 12.6 Å². The predicted octanol–water partition coefficient (Wildman–Crippen LogP) is 3.48. The molecule has 2 heterocycles. The number of piperazine rings is 1. The molecule has 1 aliphatic carbocycles. The van der Waals surface area contributed by atoms with Gasteiger partial charge in [0.15, 0.2) is 4.93 Å². The Morgan fingerprint density at radius 2 is 1.85 bits per heavy atom. The highest BCUT2D eigenvalue weighted by Gasteiger charge is 2.50. The summed E-state index contributed by atoms with van der Waals surface area (Å²) in [6, 6.07) is 11.1. The first kappa shape index (κ1) is 38.0. The zero-order valence-corrected chi connectivity index (χ0v) is 27.3. The molecule has 47 heavy (non-hydrogen) atoms. The van der Waals surface area contributed by atoms with E-state index in [9.17, 15) is 22.2 Å². The zero-order valence-electron chi connectivity index (χ0n) is 25.6. The van der Waals surface area contributed by atoms with E-state index in [4.69, 9.17) is 22.1 Å². The van der Waals surface area contributed by atoms with Crippen molar-refractivity contribution < 1.29 is 37.1 Å². The number of carbonyl (C=O) groups is 1. The van der Waals surface area contributed by atoms with E-state index in [0.717, 1.165) is 24.2 Å². The number of ether oxygens (including phenoxy) is 2. The van der Waals surface area contributed by atoms with Crippen LogP contribution in [0.3, 0.4) is 0 Å². The fourth-order valence-electron chi connectivity index (χ4n) is 5.34. The number of thiol groups is 1. The molecule has 0 saturated carbocycles. The van der Waals surface area contributed by atoms with Crippen molar-refractivity contribution in [3.8, 4) is 11.6 Å². The SMILES string of the molecule is C.COc1cc(C(=O)NN2CCN(C)CC2)ccc1Nc1ncc(C(F)(F)F)c(OC2(S)Cc3ccccc3[C@H]2N(C)S(C)=O)n1.O. The number of benzene rings is 2. The van der Waals surface area contributed by atoms with Crippen molar-refractivity contribution in [3.63, 3.8) is 0 Å². The van der Waals surface area contributed by atoms with Gasteiger partial charge in [0.25, 0.3) is 5.91 Å². The van der Waals surface area contributed by atoms with Gasteiger partial charge in [0.1, 0.15) is 11.3 Å². The summed E-state index contributed by atoms with van der Waals surface area (Å²) in [7, 11) is 3.52. The summed E-state index contributed by atoms with van der Waals surface area (Å²) in [6.07, 6.45) is -2.61. The number of rotatable bonds is 9. The second-order valence-corrected chi connectivity index (χ2v) is 13.1. The van der Waals surface area contributed by atoms with Gasteiger partial charge in [0.2, 0.25) is 11.8 Å². The van der Waals surface area contributed by atoms with Crippen molar-refractivity contribution in [2.24, 2.45) is 0 Å². The highest BCUT2D eigenvalue weighted by Crippen LogP contribution is 2.49. The van der Waals surface area contributed by atoms with E-state index in [2.05, 4.69) is 25.6 Å². The molecule has 2 unspecified atom stereocenters. The van der Waals surface area contributed by atoms with Crippen LogP contribution >= 0.6 is 12.6 Å². The van der Waals surface area contributed by atoms with Crippen LogP contribution in [0.1, 0.15) is 40.5 Å². The Bertz CT molecular complexity index is 1590. The highest BCUT2D eigenvalue weighted by molar-refractivity contribution is 7.82. The standard InChI is InChI=1S/C29H34F3N7O4S2.CH4.H2O/c1-37-11-13-39(14-12-37)36-25(40)18-9-10-22(23(15-18)42-3)34-27-33-17-21(29(30,31)32)26(35-27)43-28(44)16-19-7-5-6-8-20(19)24(28)38(2)45(4)41;;/h5-10,15,17,24,44H,11-14,16H2,1-4H3,(H,36,40)(H,33,34,35);1H4;1H2/t24-,28?,45?;;/m1../s1. The monoisotopic (exact) mass is 699 g/mol. The van der Waals surface area contributed by atoms with Crippen molar-refractivity contribution in [1.82, 2.24) is 29.6 Å². The summed E-state index contributed by atoms with van der Waals surface area (Å²) in [4.78, 5) is 21.5. The number of nitrogens with one attached hydrogen (secondary N) is 2. The van der Waals surface area contributed by atoms with E-state index in [-0.39, 0.29) is 36.9 Å². The second-order valence-electron chi connectivity index (χ2n) is 10.9. The molecular formula is C30H40F3N7O5S2. The fraction of sp³-hybridized carbons (Fsp3) is 0.433. The number of halogens is 3. The first-order chi connectivity index (χ1) is 21.3. The molecule has 1 aliphatic heterocycles. The topological polar surface area (TPSA) is 144 Å². The number of alkyl halides is 3. The molecule has 258 valence electrons. The van der Waals surface area contributed by atoms with E-state index < -0.39 is 39.6 Å². The van der Waals surface area contributed by atoms with Gasteiger partial charge in [-0.2, -0.15) is 18.2 Å². The lowest BCUT2D eigenvalue weighted by molar-refractivity contribution is -0.140. The number of nitrogens with zero attached hydrogens (tertiary/aromatic N) is 5. The third-order valence-corrected chi connectivity index (χ3v) is 9.31. The minimum atomic E-state index is -4.84. The molecule has 0 radical (unpaired) electrons. The lowest BCUT2D eigenvalue weighted by atomic mass is 10.1. The van der Waals surface area contributed by atoms with Crippen LogP contribution in [0.15, 0.2) is 48.7 Å². The Morgan fingerprint density at radius 3 is 2.49 bits per heavy atom. The van der Waals surface area contributed by atoms with Gasteiger partial charge in [-0.3, -0.25) is 10.2 Å². The maximum absolute atomic E-state index is 14.2.